The number of carbonyl (C=O) groups excluding carboxylic acids is 2. The first-order valence-corrected chi connectivity index (χ1v) is 10.9. The number of hydrogen-bond donors (Lipinski definition) is 1. The Kier molecular flexibility index (Phi) is 7.94. The zero-order valence-electron chi connectivity index (χ0n) is 17.7. The van der Waals surface area contributed by atoms with Crippen LogP contribution in [-0.2, 0) is 4.79 Å². The molecule has 0 radical (unpaired) electrons. The van der Waals surface area contributed by atoms with Gasteiger partial charge in [0.05, 0.1) is 28.7 Å². The molecule has 3 rings (SSSR count). The van der Waals surface area contributed by atoms with Crippen molar-refractivity contribution in [2.24, 2.45) is 0 Å². The van der Waals surface area contributed by atoms with Gasteiger partial charge in [0.1, 0.15) is 0 Å². The second-order valence-electron chi connectivity index (χ2n) is 7.92. The maximum absolute atomic E-state index is 13.1. The molecule has 8 heteroatoms. The van der Waals surface area contributed by atoms with Crippen LogP contribution < -0.4 is 0 Å². The number of rotatable bonds is 7. The maximum Gasteiger partial charge on any atom is 0.254 e. The van der Waals surface area contributed by atoms with Gasteiger partial charge in [0.15, 0.2) is 0 Å². The maximum atomic E-state index is 13.1. The molecule has 6 nitrogen and oxygen atoms in total. The average Bonchev–Trinajstić information content (AvgIpc) is 3.18. The largest absolute Gasteiger partial charge is 0.392 e. The SMILES string of the molecule is CN(CC(=O)N(C)[C@H](CN1CC[C@@H](O)C1)c1ccccc1)C(=O)c1ccc(Cl)c(Cl)c1. The van der Waals surface area contributed by atoms with Crippen molar-refractivity contribution in [1.29, 1.82) is 0 Å². The van der Waals surface area contributed by atoms with Crippen LogP contribution in [0.1, 0.15) is 28.4 Å². The standard InChI is InChI=1S/C23H27Cl2N3O3/c1-26(23(31)17-8-9-19(24)20(25)12-17)15-22(30)27(2)21(16-6-4-3-5-7-16)14-28-11-10-18(29)13-28/h3-9,12,18,21,29H,10-11,13-15H2,1-2H3/t18-,21-/m1/s1. The van der Waals surface area contributed by atoms with Crippen molar-refractivity contribution in [1.82, 2.24) is 14.7 Å². The number of nitrogens with zero attached hydrogens (tertiary/aromatic N) is 3. The van der Waals surface area contributed by atoms with E-state index in [1.54, 1.807) is 31.1 Å². The number of aliphatic hydroxyl groups excluding tert-OH is 1. The number of β-amino-alcohol motifs (C(OH)–C–C–N with tert-alkyl or cyclic N) is 1. The van der Waals surface area contributed by atoms with Gasteiger partial charge in [-0.15, -0.1) is 0 Å². The highest BCUT2D eigenvalue weighted by Crippen LogP contribution is 2.25. The van der Waals surface area contributed by atoms with Crippen LogP contribution in [0.15, 0.2) is 48.5 Å². The van der Waals surface area contributed by atoms with E-state index in [4.69, 9.17) is 23.2 Å². The molecule has 0 aliphatic carbocycles. The van der Waals surface area contributed by atoms with Gasteiger partial charge in [0.25, 0.3) is 5.91 Å². The van der Waals surface area contributed by atoms with Gasteiger partial charge in [0, 0.05) is 39.3 Å². The average molecular weight is 464 g/mol. The quantitative estimate of drug-likeness (QED) is 0.683. The van der Waals surface area contributed by atoms with E-state index >= 15 is 0 Å². The molecule has 2 aromatic carbocycles. The summed E-state index contributed by atoms with van der Waals surface area (Å²) in [4.78, 5) is 31.0. The lowest BCUT2D eigenvalue weighted by molar-refractivity contribution is -0.133. The van der Waals surface area contributed by atoms with E-state index in [0.717, 1.165) is 18.5 Å². The van der Waals surface area contributed by atoms with E-state index in [9.17, 15) is 14.7 Å². The summed E-state index contributed by atoms with van der Waals surface area (Å²) >= 11 is 11.9. The van der Waals surface area contributed by atoms with Crippen LogP contribution in [0.3, 0.4) is 0 Å². The van der Waals surface area contributed by atoms with Gasteiger partial charge in [-0.2, -0.15) is 0 Å². The molecule has 0 aromatic heterocycles. The minimum atomic E-state index is -0.326. The molecule has 2 aromatic rings. The molecule has 0 bridgehead atoms. The van der Waals surface area contributed by atoms with E-state index < -0.39 is 0 Å². The van der Waals surface area contributed by atoms with Crippen molar-refractivity contribution in [3.05, 3.63) is 69.7 Å². The number of halogens is 2. The summed E-state index contributed by atoms with van der Waals surface area (Å²) < 4.78 is 0. The number of amides is 2. The topological polar surface area (TPSA) is 64.1 Å². The van der Waals surface area contributed by atoms with E-state index in [1.165, 1.54) is 11.0 Å². The Bertz CT molecular complexity index is 926. The van der Waals surface area contributed by atoms with Crippen LogP contribution in [-0.4, -0.2) is 78.0 Å². The molecule has 1 saturated heterocycles. The number of hydrogen-bond acceptors (Lipinski definition) is 4. The summed E-state index contributed by atoms with van der Waals surface area (Å²) in [6.45, 7) is 1.94. The summed E-state index contributed by atoms with van der Waals surface area (Å²) in [5.41, 5.74) is 1.39. The van der Waals surface area contributed by atoms with Crippen molar-refractivity contribution in [2.45, 2.75) is 18.6 Å². The molecule has 1 aliphatic rings. The Morgan fingerprint density at radius 3 is 2.45 bits per heavy atom. The highest BCUT2D eigenvalue weighted by atomic mass is 35.5. The molecule has 2 amide bonds. The lowest BCUT2D eigenvalue weighted by Crippen LogP contribution is -2.44. The van der Waals surface area contributed by atoms with Gasteiger partial charge in [-0.25, -0.2) is 0 Å². The summed E-state index contributed by atoms with van der Waals surface area (Å²) in [6, 6.07) is 14.3. The Hall–Kier alpha value is -2.12. The third-order valence-electron chi connectivity index (χ3n) is 5.61. The first-order valence-electron chi connectivity index (χ1n) is 10.2. The molecule has 2 atom stereocenters. The smallest absolute Gasteiger partial charge is 0.254 e. The molecule has 1 fully saturated rings. The Labute approximate surface area is 193 Å². The van der Waals surface area contributed by atoms with Crippen LogP contribution in [0.25, 0.3) is 0 Å². The summed E-state index contributed by atoms with van der Waals surface area (Å²) in [7, 11) is 3.34. The van der Waals surface area contributed by atoms with Gasteiger partial charge in [-0.1, -0.05) is 53.5 Å². The minimum absolute atomic E-state index is 0.0679. The zero-order chi connectivity index (χ0) is 22.5. The highest BCUT2D eigenvalue weighted by molar-refractivity contribution is 6.42. The molecule has 0 saturated carbocycles. The summed E-state index contributed by atoms with van der Waals surface area (Å²) in [6.07, 6.45) is 0.410. The van der Waals surface area contributed by atoms with Gasteiger partial charge >= 0.3 is 0 Å². The Morgan fingerprint density at radius 2 is 1.84 bits per heavy atom. The monoisotopic (exact) mass is 463 g/mol. The Balaban J connectivity index is 1.71. The van der Waals surface area contributed by atoms with E-state index in [2.05, 4.69) is 4.90 Å². The third kappa shape index (κ3) is 5.98. The number of aliphatic hydroxyl groups is 1. The lowest BCUT2D eigenvalue weighted by atomic mass is 10.0. The van der Waals surface area contributed by atoms with Crippen molar-refractivity contribution >= 4 is 35.0 Å². The molecule has 1 N–H and O–H groups in total. The highest BCUT2D eigenvalue weighted by Gasteiger charge is 2.29. The summed E-state index contributed by atoms with van der Waals surface area (Å²) in [5.74, 6) is -0.483. The predicted octanol–water partition coefficient (Wildman–Crippen LogP) is 3.33. The fourth-order valence-electron chi connectivity index (χ4n) is 3.76. The van der Waals surface area contributed by atoms with Crippen LogP contribution in [0.5, 0.6) is 0 Å². The van der Waals surface area contributed by atoms with E-state index in [-0.39, 0.29) is 30.5 Å². The second-order valence-corrected chi connectivity index (χ2v) is 8.74. The van der Waals surface area contributed by atoms with Crippen molar-refractivity contribution < 1.29 is 14.7 Å². The minimum Gasteiger partial charge on any atom is -0.392 e. The fraction of sp³-hybridized carbons (Fsp3) is 0.391. The molecule has 0 spiro atoms. The van der Waals surface area contributed by atoms with Gasteiger partial charge in [-0.05, 0) is 30.2 Å². The van der Waals surface area contributed by atoms with Crippen LogP contribution in [0.4, 0.5) is 0 Å². The van der Waals surface area contributed by atoms with E-state index in [0.29, 0.717) is 28.7 Å². The number of carbonyl (C=O) groups is 2. The normalized spacial score (nSPS) is 17.4. The second kappa shape index (κ2) is 10.5. The molecule has 31 heavy (non-hydrogen) atoms. The van der Waals surface area contributed by atoms with E-state index in [1.807, 2.05) is 30.3 Å². The molecular formula is C23H27Cl2N3O3. The summed E-state index contributed by atoms with van der Waals surface area (Å²) in [5, 5.41) is 10.5. The third-order valence-corrected chi connectivity index (χ3v) is 6.35. The van der Waals surface area contributed by atoms with Crippen molar-refractivity contribution in [2.75, 3.05) is 40.3 Å². The fourth-order valence-corrected chi connectivity index (χ4v) is 4.06. The van der Waals surface area contributed by atoms with Gasteiger partial charge in [-0.3, -0.25) is 14.5 Å². The molecule has 0 unspecified atom stereocenters. The van der Waals surface area contributed by atoms with Crippen LogP contribution in [0.2, 0.25) is 10.0 Å². The van der Waals surface area contributed by atoms with Crippen molar-refractivity contribution in [3.63, 3.8) is 0 Å². The lowest BCUT2D eigenvalue weighted by Gasteiger charge is -2.33. The Morgan fingerprint density at radius 1 is 1.13 bits per heavy atom. The molecule has 166 valence electrons. The zero-order valence-corrected chi connectivity index (χ0v) is 19.2. The first kappa shape index (κ1) is 23.5. The number of likely N-dealkylation sites (tertiary alicyclic amines) is 1. The molecule has 1 heterocycles. The van der Waals surface area contributed by atoms with Crippen LogP contribution >= 0.6 is 23.2 Å². The van der Waals surface area contributed by atoms with Crippen molar-refractivity contribution in [3.8, 4) is 0 Å². The molecular weight excluding hydrogens is 437 g/mol. The predicted molar refractivity (Wildman–Crippen MR) is 122 cm³/mol. The number of benzene rings is 2. The van der Waals surface area contributed by atoms with Crippen LogP contribution in [0, 0.1) is 0 Å². The van der Waals surface area contributed by atoms with Gasteiger partial charge < -0.3 is 14.9 Å². The number of likely N-dealkylation sites (N-methyl/N-ethyl adjacent to an activating group) is 2. The first-order chi connectivity index (χ1) is 14.8. The molecule has 1 aliphatic heterocycles. The van der Waals surface area contributed by atoms with Gasteiger partial charge in [0.2, 0.25) is 5.91 Å².